The summed E-state index contributed by atoms with van der Waals surface area (Å²) in [4.78, 5) is 26.5. The number of likely N-dealkylation sites (tertiary alicyclic amines) is 1. The summed E-state index contributed by atoms with van der Waals surface area (Å²) >= 11 is 0. The van der Waals surface area contributed by atoms with Gasteiger partial charge in [-0.3, -0.25) is 0 Å². The summed E-state index contributed by atoms with van der Waals surface area (Å²) in [7, 11) is -0.639. The van der Waals surface area contributed by atoms with Crippen molar-refractivity contribution in [2.45, 2.75) is 90.6 Å². The van der Waals surface area contributed by atoms with Gasteiger partial charge in [0, 0.05) is 36.5 Å². The monoisotopic (exact) mass is 521 g/mol. The van der Waals surface area contributed by atoms with E-state index in [0.29, 0.717) is 41.1 Å². The highest BCUT2D eigenvalue weighted by molar-refractivity contribution is 6.77. The number of carbonyl (C=O) groups is 1. The number of nitrogens with zero attached hydrogens (tertiary/aromatic N) is 1. The van der Waals surface area contributed by atoms with E-state index in [1.165, 1.54) is 0 Å². The molecule has 36 heavy (non-hydrogen) atoms. The molecule has 0 aromatic rings. The van der Waals surface area contributed by atoms with Gasteiger partial charge in [0.05, 0.1) is 19.8 Å². The Bertz CT molecular complexity index is 859. The minimum Gasteiger partial charge on any atom is -0.497 e. The number of aliphatic hydroxyl groups excluding tert-OH is 1. The van der Waals surface area contributed by atoms with Gasteiger partial charge in [-0.1, -0.05) is 47.6 Å². The lowest BCUT2D eigenvalue weighted by atomic mass is 9.71. The molecule has 0 radical (unpaired) electrons. The van der Waals surface area contributed by atoms with E-state index in [4.69, 9.17) is 13.9 Å². The zero-order valence-electron chi connectivity index (χ0n) is 23.8. The van der Waals surface area contributed by atoms with Gasteiger partial charge < -0.3 is 23.9 Å². The van der Waals surface area contributed by atoms with Crippen LogP contribution in [0.2, 0.25) is 16.6 Å². The lowest BCUT2D eigenvalue weighted by Crippen LogP contribution is -2.57. The second-order valence-corrected chi connectivity index (χ2v) is 17.6. The molecule has 8 heteroatoms. The van der Waals surface area contributed by atoms with Gasteiger partial charge in [-0.2, -0.15) is 0 Å². The van der Waals surface area contributed by atoms with E-state index in [-0.39, 0.29) is 24.3 Å². The first kappa shape index (κ1) is 30.4. The van der Waals surface area contributed by atoms with Gasteiger partial charge in [-0.05, 0) is 49.5 Å². The van der Waals surface area contributed by atoms with Crippen LogP contribution in [0.3, 0.4) is 0 Å². The first-order chi connectivity index (χ1) is 16.7. The maximum Gasteiger partial charge on any atom is 0.410 e. The summed E-state index contributed by atoms with van der Waals surface area (Å²) in [5.41, 5.74) is 1.01. The largest absolute Gasteiger partial charge is 0.497 e. The van der Waals surface area contributed by atoms with Crippen LogP contribution in [-0.4, -0.2) is 68.9 Å². The SMILES string of the molecule is COC1=CC(=C=O)C([C@@H]2[C@H](CO[Si](C(C)C)(C(C)C)C(C)C)CN(C(=O)OC(C)(C)C)C[C@@H]2O)C=C1. The first-order valence-corrected chi connectivity index (χ1v) is 15.3. The smallest absolute Gasteiger partial charge is 0.410 e. The maximum atomic E-state index is 13.0. The normalized spacial score (nSPS) is 25.3. The molecule has 0 saturated carbocycles. The molecule has 1 N–H and O–H groups in total. The third-order valence-electron chi connectivity index (χ3n) is 7.65. The molecule has 2 rings (SSSR count). The molecule has 0 aromatic carbocycles. The van der Waals surface area contributed by atoms with Gasteiger partial charge in [-0.25, -0.2) is 9.59 Å². The molecular weight excluding hydrogens is 474 g/mol. The van der Waals surface area contributed by atoms with Crippen molar-refractivity contribution in [3.63, 3.8) is 0 Å². The van der Waals surface area contributed by atoms with E-state index < -0.39 is 26.1 Å². The minimum absolute atomic E-state index is 0.133. The molecule has 0 bridgehead atoms. The first-order valence-electron chi connectivity index (χ1n) is 13.2. The molecule has 1 unspecified atom stereocenters. The fraction of sp³-hybridized carbons (Fsp3) is 0.750. The van der Waals surface area contributed by atoms with Crippen molar-refractivity contribution >= 4 is 20.4 Å². The molecule has 7 nitrogen and oxygen atoms in total. The summed E-state index contributed by atoms with van der Waals surface area (Å²) in [6.45, 7) is 19.8. The van der Waals surface area contributed by atoms with Crippen molar-refractivity contribution in [1.29, 1.82) is 0 Å². The van der Waals surface area contributed by atoms with Crippen LogP contribution in [0.5, 0.6) is 0 Å². The highest BCUT2D eigenvalue weighted by Gasteiger charge is 2.48. The molecule has 4 atom stereocenters. The summed E-state index contributed by atoms with van der Waals surface area (Å²) in [5.74, 6) is 1.77. The quantitative estimate of drug-likeness (QED) is 0.335. The molecule has 1 aliphatic carbocycles. The number of hydrogen-bond donors (Lipinski definition) is 1. The second-order valence-electron chi connectivity index (χ2n) is 12.1. The Morgan fingerprint density at radius 3 is 2.19 bits per heavy atom. The van der Waals surface area contributed by atoms with Crippen LogP contribution in [-0.2, 0) is 18.7 Å². The topological polar surface area (TPSA) is 85.3 Å². The van der Waals surface area contributed by atoms with Crippen LogP contribution in [0.25, 0.3) is 0 Å². The molecule has 0 spiro atoms. The van der Waals surface area contributed by atoms with Crippen molar-refractivity contribution in [2.75, 3.05) is 26.8 Å². The van der Waals surface area contributed by atoms with E-state index in [1.54, 1.807) is 18.1 Å². The third kappa shape index (κ3) is 6.71. The predicted octanol–water partition coefficient (Wildman–Crippen LogP) is 5.50. The number of β-amino-alcohol motifs (C(OH)–C–C–N with tert-alkyl or cyclic N) is 1. The molecule has 1 saturated heterocycles. The predicted molar refractivity (Wildman–Crippen MR) is 145 cm³/mol. The number of aliphatic hydroxyl groups is 1. The number of methoxy groups -OCH3 is 1. The van der Waals surface area contributed by atoms with Crippen molar-refractivity contribution in [3.05, 3.63) is 29.6 Å². The van der Waals surface area contributed by atoms with Crippen LogP contribution in [0, 0.1) is 17.8 Å². The molecule has 204 valence electrons. The van der Waals surface area contributed by atoms with Crippen LogP contribution in [0.1, 0.15) is 62.3 Å². The van der Waals surface area contributed by atoms with E-state index >= 15 is 0 Å². The average Bonchev–Trinajstić information content (AvgIpc) is 2.77. The molecular formula is C28H47NO6Si. The Morgan fingerprint density at radius 1 is 1.14 bits per heavy atom. The van der Waals surface area contributed by atoms with Gasteiger partial charge >= 0.3 is 6.09 Å². The molecule has 0 aromatic heterocycles. The van der Waals surface area contributed by atoms with Gasteiger partial charge in [0.15, 0.2) is 8.32 Å². The maximum absolute atomic E-state index is 13.0. The van der Waals surface area contributed by atoms with Crippen molar-refractivity contribution in [1.82, 2.24) is 4.90 Å². The number of amides is 1. The van der Waals surface area contributed by atoms with Crippen molar-refractivity contribution in [3.8, 4) is 0 Å². The van der Waals surface area contributed by atoms with Crippen LogP contribution < -0.4 is 0 Å². The Labute approximate surface area is 218 Å². The molecule has 1 fully saturated rings. The van der Waals surface area contributed by atoms with E-state index in [1.807, 2.05) is 32.9 Å². The average molecular weight is 522 g/mol. The Morgan fingerprint density at radius 2 is 1.72 bits per heavy atom. The van der Waals surface area contributed by atoms with Gasteiger partial charge in [0.1, 0.15) is 17.3 Å². The number of carbonyl (C=O) groups excluding carboxylic acids is 2. The number of piperidine rings is 1. The Hall–Kier alpha value is -1.86. The number of allylic oxidation sites excluding steroid dienone is 4. The fourth-order valence-corrected chi connectivity index (χ4v) is 11.7. The van der Waals surface area contributed by atoms with Gasteiger partial charge in [0.25, 0.3) is 0 Å². The highest BCUT2D eigenvalue weighted by Crippen LogP contribution is 2.44. The molecule has 1 heterocycles. The zero-order chi connectivity index (χ0) is 27.4. The summed E-state index contributed by atoms with van der Waals surface area (Å²) in [6, 6.07) is 0. The zero-order valence-corrected chi connectivity index (χ0v) is 24.8. The number of hydrogen-bond acceptors (Lipinski definition) is 6. The van der Waals surface area contributed by atoms with Crippen LogP contribution in [0.15, 0.2) is 29.6 Å². The van der Waals surface area contributed by atoms with E-state index in [9.17, 15) is 14.7 Å². The summed E-state index contributed by atoms with van der Waals surface area (Å²) in [5, 5.41) is 11.4. The number of rotatable bonds is 8. The Kier molecular flexibility index (Phi) is 10.2. The molecule has 1 aliphatic heterocycles. The van der Waals surface area contributed by atoms with Gasteiger partial charge in [0.2, 0.25) is 0 Å². The Balaban J connectivity index is 2.44. The van der Waals surface area contributed by atoms with Gasteiger partial charge in [-0.15, -0.1) is 0 Å². The lowest BCUT2D eigenvalue weighted by molar-refractivity contribution is -0.0512. The van der Waals surface area contributed by atoms with E-state index in [0.717, 1.165) is 0 Å². The second kappa shape index (κ2) is 12.1. The third-order valence-corrected chi connectivity index (χ3v) is 13.7. The molecule has 2 aliphatic rings. The van der Waals surface area contributed by atoms with Crippen molar-refractivity contribution < 1.29 is 28.6 Å². The summed E-state index contributed by atoms with van der Waals surface area (Å²) in [6.07, 6.45) is 4.10. The lowest BCUT2D eigenvalue weighted by Gasteiger charge is -2.48. The van der Waals surface area contributed by atoms with Crippen molar-refractivity contribution in [2.24, 2.45) is 17.8 Å². The highest BCUT2D eigenvalue weighted by atomic mass is 28.4. The standard InChI is InChI=1S/C28H47NO6Si/c1-18(2)36(19(3)4,20(5)6)34-17-22-14-29(27(32)35-28(7,8)9)15-25(31)26(22)24-12-11-23(33-10)13-21(24)16-30/h11-13,18-20,22,24-26,31H,14-15,17H2,1-10H3/t22-,24?,25-,26-/m0/s1. The number of ether oxygens (including phenoxy) is 2. The fourth-order valence-electron chi connectivity index (χ4n) is 6.22. The van der Waals surface area contributed by atoms with E-state index in [2.05, 4.69) is 47.5 Å². The minimum atomic E-state index is -2.19. The van der Waals surface area contributed by atoms with Crippen LogP contribution in [0.4, 0.5) is 4.79 Å². The summed E-state index contributed by atoms with van der Waals surface area (Å²) < 4.78 is 17.9. The van der Waals surface area contributed by atoms with Crippen LogP contribution >= 0.6 is 0 Å². The molecule has 1 amide bonds.